The molecule has 0 aliphatic carbocycles. The van der Waals surface area contributed by atoms with Crippen LogP contribution in [0.4, 0.5) is 0 Å². The van der Waals surface area contributed by atoms with Crippen LogP contribution in [0.1, 0.15) is 18.7 Å². The lowest BCUT2D eigenvalue weighted by molar-refractivity contribution is -0.140. The van der Waals surface area contributed by atoms with Gasteiger partial charge in [0.2, 0.25) is 5.43 Å². The Labute approximate surface area is 110 Å². The molecule has 0 aliphatic heterocycles. The average Bonchev–Trinajstić information content (AvgIpc) is 2.36. The molecule has 0 amide bonds. The fraction of sp³-hybridized carbons (Fsp3) is 0.385. The van der Waals surface area contributed by atoms with Gasteiger partial charge in [0.1, 0.15) is 6.04 Å². The van der Waals surface area contributed by atoms with Crippen LogP contribution in [0.25, 0.3) is 0 Å². The number of hydrogen-bond donors (Lipinski definition) is 3. The number of pyridine rings is 1. The van der Waals surface area contributed by atoms with Crippen molar-refractivity contribution in [2.75, 3.05) is 6.54 Å². The van der Waals surface area contributed by atoms with Crippen molar-refractivity contribution in [2.45, 2.75) is 25.9 Å². The molecular weight excluding hydrogens is 248 g/mol. The van der Waals surface area contributed by atoms with Crippen molar-refractivity contribution in [3.05, 3.63) is 28.2 Å². The molecule has 102 valence electrons. The Morgan fingerprint density at radius 2 is 2.26 bits per heavy atom. The fourth-order valence-corrected chi connectivity index (χ4v) is 1.87. The smallest absolute Gasteiger partial charge is 0.322 e. The van der Waals surface area contributed by atoms with Crippen LogP contribution in [0, 0.1) is 19.3 Å². The van der Waals surface area contributed by atoms with Crippen LogP contribution in [0.15, 0.2) is 17.1 Å². The zero-order chi connectivity index (χ0) is 14.6. The summed E-state index contributed by atoms with van der Waals surface area (Å²) in [6.07, 6.45) is 6.55. The van der Waals surface area contributed by atoms with Crippen molar-refractivity contribution < 1.29 is 15.0 Å². The molecule has 1 heterocycles. The molecule has 0 aliphatic rings. The number of aromatic nitrogens is 1. The average molecular weight is 264 g/mol. The normalized spacial score (nSPS) is 13.5. The molecule has 6 heteroatoms. The second-order valence-electron chi connectivity index (χ2n) is 4.16. The van der Waals surface area contributed by atoms with E-state index in [0.29, 0.717) is 5.69 Å². The van der Waals surface area contributed by atoms with Crippen LogP contribution in [-0.2, 0) is 4.79 Å². The van der Waals surface area contributed by atoms with E-state index in [4.69, 9.17) is 6.42 Å². The lowest BCUT2D eigenvalue weighted by Crippen LogP contribution is -2.43. The Balaban J connectivity index is 3.13. The maximum absolute atomic E-state index is 11.3. The Bertz CT molecular complexity index is 571. The molecule has 19 heavy (non-hydrogen) atoms. The highest BCUT2D eigenvalue weighted by atomic mass is 16.4. The number of aliphatic carboxylic acids is 1. The van der Waals surface area contributed by atoms with E-state index in [1.54, 1.807) is 13.8 Å². The second-order valence-corrected chi connectivity index (χ2v) is 4.16. The number of rotatable bonds is 5. The lowest BCUT2D eigenvalue weighted by atomic mass is 10.1. The molecule has 0 fully saturated rings. The van der Waals surface area contributed by atoms with Crippen LogP contribution < -0.4 is 10.7 Å². The number of carboxylic acid groups (broad SMARTS) is 1. The van der Waals surface area contributed by atoms with E-state index in [2.05, 4.69) is 11.2 Å². The summed E-state index contributed by atoms with van der Waals surface area (Å²) in [6, 6.07) is -0.243. The molecule has 6 nitrogen and oxygen atoms in total. The molecule has 3 N–H and O–H groups in total. The summed E-state index contributed by atoms with van der Waals surface area (Å²) in [4.78, 5) is 22.5. The summed E-state index contributed by atoms with van der Waals surface area (Å²) in [6.45, 7) is 3.33. The zero-order valence-corrected chi connectivity index (χ0v) is 10.8. The van der Waals surface area contributed by atoms with E-state index in [0.717, 1.165) is 0 Å². The number of nitrogens with zero attached hydrogens (tertiary/aromatic N) is 1. The summed E-state index contributed by atoms with van der Waals surface area (Å²) in [7, 11) is 0. The van der Waals surface area contributed by atoms with Crippen molar-refractivity contribution in [1.29, 1.82) is 0 Å². The molecular formula is C13H16N2O4. The third kappa shape index (κ3) is 3.14. The highest BCUT2D eigenvalue weighted by Gasteiger charge is 2.26. The van der Waals surface area contributed by atoms with Crippen LogP contribution in [0.5, 0.6) is 5.75 Å². The first-order valence-electron chi connectivity index (χ1n) is 5.70. The standard InChI is InChI=1S/C13H16N2O4/c1-4-6-14-11(13(18)19)8(2)15-7-5-10(16)12(17)9(15)3/h1,5,7-8,11,14,17H,6H2,2-3H3,(H,18,19). The lowest BCUT2D eigenvalue weighted by Gasteiger charge is -2.25. The third-order valence-electron chi connectivity index (χ3n) is 2.96. The van der Waals surface area contributed by atoms with Crippen LogP contribution in [0.2, 0.25) is 0 Å². The highest BCUT2D eigenvalue weighted by Crippen LogP contribution is 2.18. The SMILES string of the molecule is C#CCNC(C(=O)O)C(C)n1ccc(=O)c(O)c1C. The fourth-order valence-electron chi connectivity index (χ4n) is 1.87. The first-order chi connectivity index (χ1) is 8.90. The van der Waals surface area contributed by atoms with E-state index >= 15 is 0 Å². The van der Waals surface area contributed by atoms with E-state index < -0.39 is 23.5 Å². The number of carboxylic acids is 1. The molecule has 0 aromatic carbocycles. The quantitative estimate of drug-likeness (QED) is 0.656. The summed E-state index contributed by atoms with van der Waals surface area (Å²) in [5.41, 5.74) is -0.182. The predicted molar refractivity (Wildman–Crippen MR) is 70.1 cm³/mol. The van der Waals surface area contributed by atoms with Gasteiger partial charge in [0.05, 0.1) is 18.3 Å². The largest absolute Gasteiger partial charge is 0.503 e. The maximum Gasteiger partial charge on any atom is 0.322 e. The first kappa shape index (κ1) is 14.8. The van der Waals surface area contributed by atoms with Crippen LogP contribution in [0.3, 0.4) is 0 Å². The minimum Gasteiger partial charge on any atom is -0.503 e. The van der Waals surface area contributed by atoms with E-state index in [1.807, 2.05) is 0 Å². The van der Waals surface area contributed by atoms with E-state index in [1.165, 1.54) is 16.8 Å². The van der Waals surface area contributed by atoms with Crippen molar-refractivity contribution in [1.82, 2.24) is 9.88 Å². The predicted octanol–water partition coefficient (Wildman–Crippen LogP) is 0.0993. The minimum atomic E-state index is -1.06. The summed E-state index contributed by atoms with van der Waals surface area (Å²) < 4.78 is 1.53. The van der Waals surface area contributed by atoms with E-state index in [9.17, 15) is 19.8 Å². The Morgan fingerprint density at radius 3 is 2.79 bits per heavy atom. The van der Waals surface area contributed by atoms with Crippen molar-refractivity contribution >= 4 is 5.97 Å². The Hall–Kier alpha value is -2.26. The van der Waals surface area contributed by atoms with Gasteiger partial charge in [0.15, 0.2) is 5.75 Å². The van der Waals surface area contributed by atoms with Crippen LogP contribution in [-0.4, -0.2) is 33.3 Å². The van der Waals surface area contributed by atoms with Gasteiger partial charge in [0.25, 0.3) is 0 Å². The number of aromatic hydroxyl groups is 1. The molecule has 0 radical (unpaired) electrons. The Kier molecular flexibility index (Phi) is 4.73. The maximum atomic E-state index is 11.3. The molecule has 0 bridgehead atoms. The molecule has 1 aromatic rings. The van der Waals surface area contributed by atoms with Gasteiger partial charge in [-0.05, 0) is 13.8 Å². The molecule has 0 spiro atoms. The van der Waals surface area contributed by atoms with Gasteiger partial charge < -0.3 is 14.8 Å². The minimum absolute atomic E-state index is 0.118. The van der Waals surface area contributed by atoms with Gasteiger partial charge in [0, 0.05) is 12.3 Å². The number of carbonyl (C=O) groups is 1. The third-order valence-corrected chi connectivity index (χ3v) is 2.96. The van der Waals surface area contributed by atoms with Crippen molar-refractivity contribution in [3.8, 4) is 18.1 Å². The molecule has 1 aromatic heterocycles. The monoisotopic (exact) mass is 264 g/mol. The van der Waals surface area contributed by atoms with Crippen LogP contribution >= 0.6 is 0 Å². The molecule has 2 atom stereocenters. The molecule has 0 saturated carbocycles. The Morgan fingerprint density at radius 1 is 1.63 bits per heavy atom. The highest BCUT2D eigenvalue weighted by molar-refractivity contribution is 5.74. The summed E-state index contributed by atoms with van der Waals surface area (Å²) >= 11 is 0. The summed E-state index contributed by atoms with van der Waals surface area (Å²) in [5, 5.41) is 21.5. The number of nitrogens with one attached hydrogen (secondary N) is 1. The second kappa shape index (κ2) is 6.07. The molecule has 1 rings (SSSR count). The number of hydrogen-bond acceptors (Lipinski definition) is 4. The number of terminal acetylenes is 1. The van der Waals surface area contributed by atoms with Gasteiger partial charge >= 0.3 is 5.97 Å². The van der Waals surface area contributed by atoms with Gasteiger partial charge in [-0.1, -0.05) is 5.92 Å². The molecule has 0 saturated heterocycles. The summed E-state index contributed by atoms with van der Waals surface area (Å²) in [5.74, 6) is 0.877. The van der Waals surface area contributed by atoms with Crippen molar-refractivity contribution in [3.63, 3.8) is 0 Å². The van der Waals surface area contributed by atoms with Gasteiger partial charge in [-0.2, -0.15) is 0 Å². The van der Waals surface area contributed by atoms with Crippen molar-refractivity contribution in [2.24, 2.45) is 0 Å². The first-order valence-corrected chi connectivity index (χ1v) is 5.70. The zero-order valence-electron chi connectivity index (χ0n) is 10.8. The topological polar surface area (TPSA) is 91.6 Å². The molecule has 2 unspecified atom stereocenters. The van der Waals surface area contributed by atoms with Gasteiger partial charge in [-0.25, -0.2) is 0 Å². The van der Waals surface area contributed by atoms with Gasteiger partial charge in [-0.3, -0.25) is 14.9 Å². The van der Waals surface area contributed by atoms with Gasteiger partial charge in [-0.15, -0.1) is 6.42 Å². The van der Waals surface area contributed by atoms with E-state index in [-0.39, 0.29) is 12.3 Å².